The molecule has 11 heteroatoms. The van der Waals surface area contributed by atoms with Gasteiger partial charge < -0.3 is 20.1 Å². The number of carbonyl (C=O) groups is 1. The molecule has 1 aliphatic heterocycles. The van der Waals surface area contributed by atoms with Crippen LogP contribution in [0.2, 0.25) is 5.02 Å². The third-order valence-electron chi connectivity index (χ3n) is 7.26. The van der Waals surface area contributed by atoms with Gasteiger partial charge in [-0.1, -0.05) is 11.6 Å². The monoisotopic (exact) mass is 547 g/mol. The van der Waals surface area contributed by atoms with Crippen LogP contribution < -0.4 is 10.5 Å². The van der Waals surface area contributed by atoms with Crippen molar-refractivity contribution < 1.29 is 14.3 Å². The highest BCUT2D eigenvalue weighted by Gasteiger charge is 2.54. The predicted octanol–water partition coefficient (Wildman–Crippen LogP) is 6.02. The first-order valence-electron chi connectivity index (χ1n) is 13.0. The van der Waals surface area contributed by atoms with Gasteiger partial charge in [0.25, 0.3) is 0 Å². The van der Waals surface area contributed by atoms with Gasteiger partial charge in [0.1, 0.15) is 29.2 Å². The molecule has 1 aromatic carbocycles. The molecule has 6 rings (SSSR count). The van der Waals surface area contributed by atoms with E-state index in [4.69, 9.17) is 31.9 Å². The van der Waals surface area contributed by atoms with Crippen molar-refractivity contribution in [3.63, 3.8) is 0 Å². The highest BCUT2D eigenvalue weighted by Crippen LogP contribution is 2.51. The van der Waals surface area contributed by atoms with Crippen LogP contribution in [0, 0.1) is 0 Å². The lowest BCUT2D eigenvalue weighted by Crippen LogP contribution is -2.50. The lowest BCUT2D eigenvalue weighted by atomic mass is 9.96. The highest BCUT2D eigenvalue weighted by molar-refractivity contribution is 6.30. The number of nitrogen functional groups attached to an aromatic ring is 1. The molecule has 1 spiro atoms. The summed E-state index contributed by atoms with van der Waals surface area (Å²) in [5.74, 6) is 1.42. The summed E-state index contributed by atoms with van der Waals surface area (Å²) in [6, 6.07) is 10.9. The Morgan fingerprint density at radius 2 is 1.85 bits per heavy atom. The number of amides is 1. The molecule has 1 amide bonds. The van der Waals surface area contributed by atoms with E-state index < -0.39 is 5.60 Å². The molecule has 1 unspecified atom stereocenters. The molecule has 2 N–H and O–H groups in total. The minimum Gasteiger partial charge on any atom is -0.444 e. The van der Waals surface area contributed by atoms with Gasteiger partial charge in [-0.05, 0) is 76.8 Å². The van der Waals surface area contributed by atoms with Crippen LogP contribution in [0.5, 0.6) is 11.6 Å². The molecule has 3 aromatic heterocycles. The first-order valence-corrected chi connectivity index (χ1v) is 13.4. The van der Waals surface area contributed by atoms with E-state index in [9.17, 15) is 4.79 Å². The van der Waals surface area contributed by atoms with E-state index in [1.165, 1.54) is 12.5 Å². The molecule has 1 aliphatic carbocycles. The number of rotatable bonds is 4. The number of benzene rings is 1. The van der Waals surface area contributed by atoms with E-state index in [0.717, 1.165) is 31.2 Å². The number of piperidine rings is 1. The highest BCUT2D eigenvalue weighted by atomic mass is 35.5. The molecule has 39 heavy (non-hydrogen) atoms. The van der Waals surface area contributed by atoms with E-state index in [1.54, 1.807) is 12.1 Å². The quantitative estimate of drug-likeness (QED) is 0.329. The number of hydrogen-bond donors (Lipinski definition) is 1. The number of pyridine rings is 1. The number of nitrogens with two attached hydrogens (primary N) is 1. The van der Waals surface area contributed by atoms with Crippen molar-refractivity contribution in [3.05, 3.63) is 53.9 Å². The van der Waals surface area contributed by atoms with Crippen LogP contribution in [-0.2, 0) is 4.74 Å². The smallest absolute Gasteiger partial charge is 0.410 e. The molecule has 0 radical (unpaired) electrons. The van der Waals surface area contributed by atoms with E-state index in [-0.39, 0.29) is 17.7 Å². The van der Waals surface area contributed by atoms with Crippen molar-refractivity contribution in [2.24, 2.45) is 0 Å². The summed E-state index contributed by atoms with van der Waals surface area (Å²) in [7, 11) is 0. The molecule has 1 atom stereocenters. The van der Waals surface area contributed by atoms with Crippen molar-refractivity contribution in [2.45, 2.75) is 63.6 Å². The fraction of sp³-hybridized carbons (Fsp3) is 0.393. The van der Waals surface area contributed by atoms with Crippen LogP contribution in [0.4, 0.5) is 10.6 Å². The normalized spacial score (nSPS) is 18.4. The number of ether oxygens (including phenoxy) is 2. The molecule has 1 saturated heterocycles. The summed E-state index contributed by atoms with van der Waals surface area (Å²) in [5.41, 5.74) is 7.84. The van der Waals surface area contributed by atoms with Crippen molar-refractivity contribution in [1.29, 1.82) is 0 Å². The van der Waals surface area contributed by atoms with E-state index in [2.05, 4.69) is 15.0 Å². The number of anilines is 1. The fourth-order valence-corrected chi connectivity index (χ4v) is 5.30. The van der Waals surface area contributed by atoms with E-state index in [0.29, 0.717) is 45.7 Å². The maximum absolute atomic E-state index is 13.2. The van der Waals surface area contributed by atoms with E-state index >= 15 is 0 Å². The van der Waals surface area contributed by atoms with Gasteiger partial charge in [0.15, 0.2) is 5.65 Å². The number of aromatic nitrogens is 5. The summed E-state index contributed by atoms with van der Waals surface area (Å²) in [4.78, 5) is 28.0. The van der Waals surface area contributed by atoms with Crippen LogP contribution in [-0.4, -0.2) is 53.4 Å². The third-order valence-corrected chi connectivity index (χ3v) is 7.49. The zero-order chi connectivity index (χ0) is 27.4. The Kier molecular flexibility index (Phi) is 6.10. The summed E-state index contributed by atoms with van der Waals surface area (Å²) < 4.78 is 13.5. The Hall–Kier alpha value is -3.92. The van der Waals surface area contributed by atoms with Gasteiger partial charge in [-0.3, -0.25) is 0 Å². The zero-order valence-corrected chi connectivity index (χ0v) is 22.9. The Bertz CT molecular complexity index is 1530. The fourth-order valence-electron chi connectivity index (χ4n) is 5.19. The molecule has 4 aromatic rings. The van der Waals surface area contributed by atoms with Crippen LogP contribution in [0.1, 0.15) is 52.5 Å². The first kappa shape index (κ1) is 25.4. The molecule has 1 saturated carbocycles. The SMILES string of the molecule is CC(C)(C)OC(=O)N1CC(n2nc(-c3ccc(Oc4ccc(Cl)cn4)cc3)c3c(N)ncnc32)CCC12CC2. The summed E-state index contributed by atoms with van der Waals surface area (Å²) >= 11 is 5.91. The minimum absolute atomic E-state index is 0.0760. The predicted molar refractivity (Wildman–Crippen MR) is 148 cm³/mol. The molecule has 2 aliphatic rings. The standard InChI is InChI=1S/C28H30ClN7O3/c1-27(2,3)39-26(37)35-15-19(10-11-28(35)12-13-28)36-25-22(24(30)32-16-33-25)23(34-36)17-4-7-20(8-5-17)38-21-9-6-18(29)14-31-21/h4-9,14,16,19H,10-13,15H2,1-3H3,(H2,30,32,33). The summed E-state index contributed by atoms with van der Waals surface area (Å²) in [5, 5.41) is 6.21. The number of likely N-dealkylation sites (tertiary alicyclic amines) is 1. The van der Waals surface area contributed by atoms with Gasteiger partial charge in [-0.15, -0.1) is 0 Å². The lowest BCUT2D eigenvalue weighted by molar-refractivity contribution is -0.00131. The molecule has 2 fully saturated rings. The second kappa shape index (κ2) is 9.37. The van der Waals surface area contributed by atoms with Gasteiger partial charge in [-0.2, -0.15) is 5.10 Å². The maximum Gasteiger partial charge on any atom is 0.410 e. The zero-order valence-electron chi connectivity index (χ0n) is 22.1. The Morgan fingerprint density at radius 3 is 2.51 bits per heavy atom. The average Bonchev–Trinajstić information content (AvgIpc) is 3.55. The van der Waals surface area contributed by atoms with Gasteiger partial charge >= 0.3 is 6.09 Å². The maximum atomic E-state index is 13.2. The lowest BCUT2D eigenvalue weighted by Gasteiger charge is -2.40. The second-order valence-electron chi connectivity index (χ2n) is 11.2. The molecular weight excluding hydrogens is 518 g/mol. The van der Waals surface area contributed by atoms with Crippen LogP contribution in [0.25, 0.3) is 22.3 Å². The number of carbonyl (C=O) groups excluding carboxylic acids is 1. The molecule has 4 heterocycles. The summed E-state index contributed by atoms with van der Waals surface area (Å²) in [6.45, 7) is 6.17. The van der Waals surface area contributed by atoms with Gasteiger partial charge in [0.05, 0.1) is 16.5 Å². The topological polar surface area (TPSA) is 121 Å². The number of halogens is 1. The largest absolute Gasteiger partial charge is 0.444 e. The van der Waals surface area contributed by atoms with Gasteiger partial charge in [0, 0.05) is 29.9 Å². The van der Waals surface area contributed by atoms with Crippen molar-refractivity contribution in [3.8, 4) is 22.9 Å². The molecule has 10 nitrogen and oxygen atoms in total. The van der Waals surface area contributed by atoms with Crippen LogP contribution in [0.15, 0.2) is 48.9 Å². The minimum atomic E-state index is -0.563. The van der Waals surface area contributed by atoms with Crippen LogP contribution >= 0.6 is 11.6 Å². The third kappa shape index (κ3) is 4.96. The number of fused-ring (bicyclic) bond motifs is 1. The average molecular weight is 548 g/mol. The Labute approximate surface area is 231 Å². The van der Waals surface area contributed by atoms with Gasteiger partial charge in [0.2, 0.25) is 5.88 Å². The first-order chi connectivity index (χ1) is 18.6. The Balaban J connectivity index is 1.31. The van der Waals surface area contributed by atoms with Crippen molar-refractivity contribution >= 4 is 34.5 Å². The van der Waals surface area contributed by atoms with Crippen LogP contribution in [0.3, 0.4) is 0 Å². The van der Waals surface area contributed by atoms with Gasteiger partial charge in [-0.25, -0.2) is 24.4 Å². The molecular formula is C28H30ClN7O3. The number of nitrogens with zero attached hydrogens (tertiary/aromatic N) is 6. The summed E-state index contributed by atoms with van der Waals surface area (Å²) in [6.07, 6.45) is 6.47. The Morgan fingerprint density at radius 1 is 1.08 bits per heavy atom. The second-order valence-corrected chi connectivity index (χ2v) is 11.6. The number of hydrogen-bond acceptors (Lipinski definition) is 8. The van der Waals surface area contributed by atoms with Crippen molar-refractivity contribution in [1.82, 2.24) is 29.6 Å². The van der Waals surface area contributed by atoms with Crippen molar-refractivity contribution in [2.75, 3.05) is 12.3 Å². The molecule has 202 valence electrons. The van der Waals surface area contributed by atoms with E-state index in [1.807, 2.05) is 54.6 Å². The molecule has 0 bridgehead atoms.